The molecule has 142 valence electrons. The average Bonchev–Trinajstić information content (AvgIpc) is 3.16. The SMILES string of the molecule is O=C(O)c1ccc([N+](=O)[O-])c2c1N[C@H](c1ccc([N+](=O)[O-])cc1)[C@@H]1CC=C[C@@H]21. The molecule has 0 unspecified atom stereocenters. The van der Waals surface area contributed by atoms with Crippen molar-refractivity contribution in [1.82, 2.24) is 0 Å². The Hall–Kier alpha value is -3.75. The summed E-state index contributed by atoms with van der Waals surface area (Å²) in [5.41, 5.74) is 1.18. The molecule has 4 rings (SSSR count). The van der Waals surface area contributed by atoms with Crippen LogP contribution in [0.15, 0.2) is 48.6 Å². The van der Waals surface area contributed by atoms with Gasteiger partial charge >= 0.3 is 5.97 Å². The molecule has 0 fully saturated rings. The van der Waals surface area contributed by atoms with Gasteiger partial charge in [-0.15, -0.1) is 0 Å². The molecule has 28 heavy (non-hydrogen) atoms. The van der Waals surface area contributed by atoms with Crippen molar-refractivity contribution in [2.75, 3.05) is 5.32 Å². The van der Waals surface area contributed by atoms with Gasteiger partial charge in [0.05, 0.1) is 32.7 Å². The second-order valence-corrected chi connectivity index (χ2v) is 6.81. The first-order valence-electron chi connectivity index (χ1n) is 8.60. The number of nitro benzene ring substituents is 2. The van der Waals surface area contributed by atoms with E-state index in [4.69, 9.17) is 0 Å². The van der Waals surface area contributed by atoms with Crippen LogP contribution in [-0.2, 0) is 0 Å². The van der Waals surface area contributed by atoms with Crippen LogP contribution in [0.2, 0.25) is 0 Å². The summed E-state index contributed by atoms with van der Waals surface area (Å²) in [4.78, 5) is 33.2. The van der Waals surface area contributed by atoms with Gasteiger partial charge in [0.2, 0.25) is 0 Å². The number of carboxylic acids is 1. The molecule has 9 heteroatoms. The first-order chi connectivity index (χ1) is 13.4. The fourth-order valence-electron chi connectivity index (χ4n) is 4.16. The van der Waals surface area contributed by atoms with Gasteiger partial charge in [0.1, 0.15) is 0 Å². The van der Waals surface area contributed by atoms with Gasteiger partial charge in [0, 0.05) is 24.1 Å². The number of anilines is 1. The normalized spacial score (nSPS) is 22.1. The molecule has 0 radical (unpaired) electrons. The van der Waals surface area contributed by atoms with Crippen molar-refractivity contribution in [3.05, 3.63) is 85.5 Å². The molecule has 0 bridgehead atoms. The zero-order valence-corrected chi connectivity index (χ0v) is 14.4. The van der Waals surface area contributed by atoms with E-state index in [1.54, 1.807) is 12.1 Å². The van der Waals surface area contributed by atoms with E-state index in [2.05, 4.69) is 5.32 Å². The molecular formula is C19H15N3O6. The molecule has 0 saturated heterocycles. The van der Waals surface area contributed by atoms with Crippen molar-refractivity contribution >= 4 is 23.0 Å². The largest absolute Gasteiger partial charge is 0.478 e. The molecule has 2 aliphatic rings. The summed E-state index contributed by atoms with van der Waals surface area (Å²) < 4.78 is 0. The Labute approximate surface area is 158 Å². The van der Waals surface area contributed by atoms with Crippen molar-refractivity contribution in [1.29, 1.82) is 0 Å². The van der Waals surface area contributed by atoms with Crippen LogP contribution in [0, 0.1) is 26.1 Å². The van der Waals surface area contributed by atoms with E-state index in [-0.39, 0.29) is 40.5 Å². The maximum Gasteiger partial charge on any atom is 0.337 e. The molecule has 1 heterocycles. The monoisotopic (exact) mass is 381 g/mol. The molecule has 2 aromatic rings. The van der Waals surface area contributed by atoms with E-state index in [0.29, 0.717) is 12.0 Å². The number of fused-ring (bicyclic) bond motifs is 3. The Morgan fingerprint density at radius 1 is 1.07 bits per heavy atom. The quantitative estimate of drug-likeness (QED) is 0.463. The number of hydrogen-bond donors (Lipinski definition) is 2. The Kier molecular flexibility index (Phi) is 4.07. The minimum absolute atomic E-state index is 0.0359. The topological polar surface area (TPSA) is 136 Å². The predicted octanol–water partition coefficient (Wildman–Crippen LogP) is 4.03. The summed E-state index contributed by atoms with van der Waals surface area (Å²) in [7, 11) is 0. The maximum atomic E-state index is 11.7. The van der Waals surface area contributed by atoms with Gasteiger partial charge in [0.15, 0.2) is 0 Å². The van der Waals surface area contributed by atoms with E-state index in [1.165, 1.54) is 24.3 Å². The third-order valence-corrected chi connectivity index (χ3v) is 5.39. The summed E-state index contributed by atoms with van der Waals surface area (Å²) in [6.07, 6.45) is 4.47. The number of allylic oxidation sites excluding steroid dienone is 2. The van der Waals surface area contributed by atoms with Crippen LogP contribution in [0.25, 0.3) is 0 Å². The first-order valence-corrected chi connectivity index (χ1v) is 8.60. The lowest BCUT2D eigenvalue weighted by atomic mass is 9.75. The number of non-ortho nitro benzene ring substituents is 1. The van der Waals surface area contributed by atoms with Crippen LogP contribution in [0.4, 0.5) is 17.1 Å². The highest BCUT2D eigenvalue weighted by Crippen LogP contribution is 2.53. The van der Waals surface area contributed by atoms with Crippen molar-refractivity contribution in [2.24, 2.45) is 5.92 Å². The number of rotatable bonds is 4. The lowest BCUT2D eigenvalue weighted by Gasteiger charge is -2.37. The standard InChI is InChI=1S/C19H15N3O6/c23-19(24)14-8-9-15(22(27)28)16-12-2-1-3-13(12)17(20-18(14)16)10-4-6-11(7-5-10)21(25)26/h1-2,4-9,12-13,17,20H,3H2,(H,23,24)/t12-,13-,17-/m1/s1. The van der Waals surface area contributed by atoms with Crippen LogP contribution in [0.5, 0.6) is 0 Å². The number of carboxylic acid groups (broad SMARTS) is 1. The molecule has 3 atom stereocenters. The maximum absolute atomic E-state index is 11.7. The smallest absolute Gasteiger partial charge is 0.337 e. The molecule has 0 amide bonds. The Morgan fingerprint density at radius 2 is 1.79 bits per heavy atom. The van der Waals surface area contributed by atoms with Gasteiger partial charge in [-0.1, -0.05) is 24.3 Å². The van der Waals surface area contributed by atoms with Crippen LogP contribution in [-0.4, -0.2) is 20.9 Å². The van der Waals surface area contributed by atoms with Gasteiger partial charge in [-0.25, -0.2) is 4.79 Å². The van der Waals surface area contributed by atoms with Crippen LogP contribution in [0.3, 0.4) is 0 Å². The number of nitrogens with zero attached hydrogens (tertiary/aromatic N) is 2. The molecule has 9 nitrogen and oxygen atoms in total. The van der Waals surface area contributed by atoms with Crippen molar-refractivity contribution in [2.45, 2.75) is 18.4 Å². The highest BCUT2D eigenvalue weighted by molar-refractivity contribution is 5.97. The van der Waals surface area contributed by atoms with E-state index >= 15 is 0 Å². The second-order valence-electron chi connectivity index (χ2n) is 6.81. The highest BCUT2D eigenvalue weighted by atomic mass is 16.6. The van der Waals surface area contributed by atoms with Crippen LogP contribution < -0.4 is 5.32 Å². The molecule has 0 saturated carbocycles. The fraction of sp³-hybridized carbons (Fsp3) is 0.211. The van der Waals surface area contributed by atoms with Gasteiger partial charge < -0.3 is 10.4 Å². The Bertz CT molecular complexity index is 1030. The summed E-state index contributed by atoms with van der Waals surface area (Å²) in [5.74, 6) is -1.55. The zero-order valence-electron chi connectivity index (χ0n) is 14.4. The summed E-state index contributed by atoms with van der Waals surface area (Å²) in [6, 6.07) is 8.21. The number of carbonyl (C=O) groups is 1. The number of benzene rings is 2. The fourth-order valence-corrected chi connectivity index (χ4v) is 4.16. The lowest BCUT2D eigenvalue weighted by Crippen LogP contribution is -2.31. The van der Waals surface area contributed by atoms with Crippen molar-refractivity contribution < 1.29 is 19.7 Å². The number of nitro groups is 2. The molecule has 1 aliphatic heterocycles. The van der Waals surface area contributed by atoms with Crippen LogP contribution >= 0.6 is 0 Å². The van der Waals surface area contributed by atoms with Crippen LogP contribution in [0.1, 0.15) is 39.9 Å². The van der Waals surface area contributed by atoms with Crippen molar-refractivity contribution in [3.63, 3.8) is 0 Å². The van der Waals surface area contributed by atoms with Gasteiger partial charge in [0.25, 0.3) is 11.4 Å². The number of hydrogen-bond acceptors (Lipinski definition) is 6. The highest BCUT2D eigenvalue weighted by Gasteiger charge is 2.43. The number of nitrogens with one attached hydrogen (secondary N) is 1. The second kappa shape index (κ2) is 6.45. The van der Waals surface area contributed by atoms with E-state index in [9.17, 15) is 30.1 Å². The average molecular weight is 381 g/mol. The molecular weight excluding hydrogens is 366 g/mol. The van der Waals surface area contributed by atoms with Gasteiger partial charge in [-0.05, 0) is 24.0 Å². The molecule has 0 spiro atoms. The summed E-state index contributed by atoms with van der Waals surface area (Å²) in [5, 5.41) is 35.2. The van der Waals surface area contributed by atoms with E-state index in [1.807, 2.05) is 12.2 Å². The summed E-state index contributed by atoms with van der Waals surface area (Å²) in [6.45, 7) is 0. The summed E-state index contributed by atoms with van der Waals surface area (Å²) >= 11 is 0. The molecule has 2 aromatic carbocycles. The first kappa shape index (κ1) is 17.7. The Balaban J connectivity index is 1.86. The Morgan fingerprint density at radius 3 is 2.39 bits per heavy atom. The zero-order chi connectivity index (χ0) is 20.0. The predicted molar refractivity (Wildman–Crippen MR) is 99.5 cm³/mol. The molecule has 0 aromatic heterocycles. The third-order valence-electron chi connectivity index (χ3n) is 5.39. The molecule has 2 N–H and O–H groups in total. The van der Waals surface area contributed by atoms with Gasteiger partial charge in [-0.2, -0.15) is 0 Å². The minimum Gasteiger partial charge on any atom is -0.478 e. The van der Waals surface area contributed by atoms with Gasteiger partial charge in [-0.3, -0.25) is 20.2 Å². The number of aromatic carboxylic acids is 1. The van der Waals surface area contributed by atoms with E-state index in [0.717, 1.165) is 5.56 Å². The van der Waals surface area contributed by atoms with E-state index < -0.39 is 15.8 Å². The molecule has 1 aliphatic carbocycles. The lowest BCUT2D eigenvalue weighted by molar-refractivity contribution is -0.385. The third kappa shape index (κ3) is 2.68. The van der Waals surface area contributed by atoms with Crippen molar-refractivity contribution in [3.8, 4) is 0 Å². The minimum atomic E-state index is -1.18.